The highest BCUT2D eigenvalue weighted by atomic mass is 32.1. The molecule has 0 bridgehead atoms. The Hall–Kier alpha value is -1.93. The van der Waals surface area contributed by atoms with Crippen LogP contribution in [0.1, 0.15) is 20.9 Å². The number of thiophene rings is 1. The fraction of sp³-hybridized carbons (Fsp3) is 0.182. The van der Waals surface area contributed by atoms with Gasteiger partial charge in [0.15, 0.2) is 0 Å². The van der Waals surface area contributed by atoms with Gasteiger partial charge in [-0.05, 0) is 18.4 Å². The maximum absolute atomic E-state index is 11.7. The summed E-state index contributed by atoms with van der Waals surface area (Å²) in [5.41, 5.74) is 2.69. The van der Waals surface area contributed by atoms with E-state index in [0.29, 0.717) is 11.5 Å². The van der Waals surface area contributed by atoms with Gasteiger partial charge in [-0.15, -0.1) is 22.7 Å². The summed E-state index contributed by atoms with van der Waals surface area (Å²) in [4.78, 5) is 27.6. The zero-order valence-electron chi connectivity index (χ0n) is 9.97. The predicted molar refractivity (Wildman–Crippen MR) is 74.0 cm³/mol. The van der Waals surface area contributed by atoms with E-state index in [0.717, 1.165) is 10.6 Å². The number of carboxylic acids is 1. The van der Waals surface area contributed by atoms with Crippen molar-refractivity contribution in [2.24, 2.45) is 0 Å². The maximum atomic E-state index is 11.7. The molecular weight excluding hydrogens is 286 g/mol. The van der Waals surface area contributed by atoms with E-state index in [1.54, 1.807) is 10.9 Å². The van der Waals surface area contributed by atoms with Gasteiger partial charge in [0.25, 0.3) is 0 Å². The lowest BCUT2D eigenvalue weighted by Crippen LogP contribution is -2.28. The number of urea groups is 1. The van der Waals surface area contributed by atoms with Crippen LogP contribution >= 0.6 is 22.7 Å². The van der Waals surface area contributed by atoms with E-state index >= 15 is 0 Å². The molecule has 0 saturated carbocycles. The molecule has 6 nitrogen and oxygen atoms in total. The predicted octanol–water partition coefficient (Wildman–Crippen LogP) is 2.53. The van der Waals surface area contributed by atoms with E-state index < -0.39 is 12.0 Å². The van der Waals surface area contributed by atoms with Crippen LogP contribution in [0, 0.1) is 6.92 Å². The second kappa shape index (κ2) is 5.81. The van der Waals surface area contributed by atoms with Crippen LogP contribution in [0.25, 0.3) is 0 Å². The van der Waals surface area contributed by atoms with Crippen LogP contribution in [0.2, 0.25) is 0 Å². The van der Waals surface area contributed by atoms with Gasteiger partial charge >= 0.3 is 12.0 Å². The quantitative estimate of drug-likeness (QED) is 0.808. The molecule has 0 unspecified atom stereocenters. The molecule has 2 aromatic heterocycles. The number of carbonyl (C=O) groups is 2. The Morgan fingerprint density at radius 2 is 2.21 bits per heavy atom. The Morgan fingerprint density at radius 1 is 1.42 bits per heavy atom. The molecule has 100 valence electrons. The normalized spacial score (nSPS) is 10.2. The van der Waals surface area contributed by atoms with E-state index in [2.05, 4.69) is 15.6 Å². The highest BCUT2D eigenvalue weighted by Crippen LogP contribution is 2.22. The summed E-state index contributed by atoms with van der Waals surface area (Å²) in [6, 6.07) is 1.02. The van der Waals surface area contributed by atoms with Gasteiger partial charge in [-0.1, -0.05) is 0 Å². The third kappa shape index (κ3) is 3.30. The average Bonchev–Trinajstić information content (AvgIpc) is 2.95. The van der Waals surface area contributed by atoms with Crippen molar-refractivity contribution in [3.63, 3.8) is 0 Å². The standard InChI is InChI=1S/C11H11N3O3S2/c1-6-8(19-5-13-6)4-12-11(17)14-9-7(10(15)16)2-3-18-9/h2-3,5H,4H2,1H3,(H,15,16)(H2,12,14,17). The summed E-state index contributed by atoms with van der Waals surface area (Å²) in [7, 11) is 0. The highest BCUT2D eigenvalue weighted by molar-refractivity contribution is 7.14. The number of nitrogens with zero attached hydrogens (tertiary/aromatic N) is 1. The summed E-state index contributed by atoms with van der Waals surface area (Å²) < 4.78 is 0. The highest BCUT2D eigenvalue weighted by Gasteiger charge is 2.13. The van der Waals surface area contributed by atoms with Crippen molar-refractivity contribution in [1.82, 2.24) is 10.3 Å². The molecule has 0 saturated heterocycles. The van der Waals surface area contributed by atoms with Crippen LogP contribution in [-0.4, -0.2) is 22.1 Å². The molecule has 0 aliphatic rings. The first-order chi connectivity index (χ1) is 9.08. The molecule has 2 heterocycles. The van der Waals surface area contributed by atoms with Crippen molar-refractivity contribution in [3.8, 4) is 0 Å². The number of thiazole rings is 1. The molecule has 0 aliphatic carbocycles. The monoisotopic (exact) mass is 297 g/mol. The number of carbonyl (C=O) groups excluding carboxylic acids is 1. The van der Waals surface area contributed by atoms with Gasteiger partial charge in [0.1, 0.15) is 5.00 Å². The summed E-state index contributed by atoms with van der Waals surface area (Å²) in [6.45, 7) is 2.24. The number of anilines is 1. The summed E-state index contributed by atoms with van der Waals surface area (Å²) >= 11 is 2.63. The van der Waals surface area contributed by atoms with Crippen LogP contribution in [0.4, 0.5) is 9.80 Å². The zero-order valence-corrected chi connectivity index (χ0v) is 11.6. The van der Waals surface area contributed by atoms with Crippen molar-refractivity contribution in [3.05, 3.63) is 33.1 Å². The second-order valence-electron chi connectivity index (χ2n) is 3.64. The van der Waals surface area contributed by atoms with Crippen molar-refractivity contribution in [2.45, 2.75) is 13.5 Å². The van der Waals surface area contributed by atoms with Crippen LogP contribution in [-0.2, 0) is 6.54 Å². The van der Waals surface area contributed by atoms with Gasteiger partial charge in [0.2, 0.25) is 0 Å². The number of carboxylic acid groups (broad SMARTS) is 1. The zero-order chi connectivity index (χ0) is 13.8. The van der Waals surface area contributed by atoms with E-state index in [1.165, 1.54) is 28.7 Å². The minimum absolute atomic E-state index is 0.0918. The molecule has 0 aliphatic heterocycles. The van der Waals surface area contributed by atoms with Crippen LogP contribution in [0.5, 0.6) is 0 Å². The SMILES string of the molecule is Cc1ncsc1CNC(=O)Nc1sccc1C(=O)O. The molecule has 0 spiro atoms. The van der Waals surface area contributed by atoms with Crippen molar-refractivity contribution in [2.75, 3.05) is 5.32 Å². The number of nitrogens with one attached hydrogen (secondary N) is 2. The van der Waals surface area contributed by atoms with Crippen molar-refractivity contribution >= 4 is 39.7 Å². The molecule has 19 heavy (non-hydrogen) atoms. The number of hydrogen-bond donors (Lipinski definition) is 3. The Kier molecular flexibility index (Phi) is 4.13. The molecule has 0 aromatic carbocycles. The number of aromatic carboxylic acids is 1. The van der Waals surface area contributed by atoms with Gasteiger partial charge in [-0.25, -0.2) is 14.6 Å². The lowest BCUT2D eigenvalue weighted by molar-refractivity contribution is 0.0698. The lowest BCUT2D eigenvalue weighted by atomic mass is 10.3. The number of aryl methyl sites for hydroxylation is 1. The van der Waals surface area contributed by atoms with Crippen molar-refractivity contribution < 1.29 is 14.7 Å². The molecule has 2 rings (SSSR count). The summed E-state index contributed by atoms with van der Waals surface area (Å²) in [5, 5.41) is 16.0. The minimum Gasteiger partial charge on any atom is -0.478 e. The Bertz CT molecular complexity index is 606. The van der Waals surface area contributed by atoms with E-state index in [9.17, 15) is 9.59 Å². The summed E-state index contributed by atoms with van der Waals surface area (Å²) in [5.74, 6) is -1.06. The maximum Gasteiger partial charge on any atom is 0.338 e. The van der Waals surface area contributed by atoms with E-state index in [4.69, 9.17) is 5.11 Å². The summed E-state index contributed by atoms with van der Waals surface area (Å²) in [6.07, 6.45) is 0. The van der Waals surface area contributed by atoms with Gasteiger partial charge in [-0.3, -0.25) is 5.32 Å². The fourth-order valence-electron chi connectivity index (χ4n) is 1.38. The Balaban J connectivity index is 1.93. The molecule has 3 N–H and O–H groups in total. The van der Waals surface area contributed by atoms with Crippen LogP contribution in [0.3, 0.4) is 0 Å². The molecule has 8 heteroatoms. The first kappa shape index (κ1) is 13.5. The molecule has 0 atom stereocenters. The Morgan fingerprint density at radius 3 is 2.84 bits per heavy atom. The third-order valence-electron chi connectivity index (χ3n) is 2.38. The molecule has 0 radical (unpaired) electrons. The first-order valence-corrected chi connectivity index (χ1v) is 7.08. The van der Waals surface area contributed by atoms with E-state index in [-0.39, 0.29) is 5.56 Å². The number of rotatable bonds is 4. The second-order valence-corrected chi connectivity index (χ2v) is 5.49. The van der Waals surface area contributed by atoms with E-state index in [1.807, 2.05) is 6.92 Å². The minimum atomic E-state index is -1.06. The van der Waals surface area contributed by atoms with Crippen molar-refractivity contribution in [1.29, 1.82) is 0 Å². The Labute approximate surface area is 117 Å². The fourth-order valence-corrected chi connectivity index (χ4v) is 2.87. The van der Waals surface area contributed by atoms with Gasteiger partial charge < -0.3 is 10.4 Å². The van der Waals surface area contributed by atoms with Crippen LogP contribution in [0.15, 0.2) is 17.0 Å². The number of hydrogen-bond acceptors (Lipinski definition) is 5. The molecular formula is C11H11N3O3S2. The molecule has 2 amide bonds. The smallest absolute Gasteiger partial charge is 0.338 e. The first-order valence-electron chi connectivity index (χ1n) is 5.32. The third-order valence-corrected chi connectivity index (χ3v) is 4.14. The number of amides is 2. The van der Waals surface area contributed by atoms with Crippen LogP contribution < -0.4 is 10.6 Å². The van der Waals surface area contributed by atoms with Gasteiger partial charge in [0, 0.05) is 4.88 Å². The molecule has 2 aromatic rings. The number of aromatic nitrogens is 1. The largest absolute Gasteiger partial charge is 0.478 e. The topological polar surface area (TPSA) is 91.3 Å². The van der Waals surface area contributed by atoms with Gasteiger partial charge in [-0.2, -0.15) is 0 Å². The lowest BCUT2D eigenvalue weighted by Gasteiger charge is -2.06. The average molecular weight is 297 g/mol. The van der Waals surface area contributed by atoms with Gasteiger partial charge in [0.05, 0.1) is 23.3 Å². The molecule has 0 fully saturated rings.